The van der Waals surface area contributed by atoms with Gasteiger partial charge in [-0.1, -0.05) is 18.2 Å². The fraction of sp³-hybridized carbons (Fsp3) is 0.400. The van der Waals surface area contributed by atoms with Crippen molar-refractivity contribution in [1.29, 1.82) is 0 Å². The lowest BCUT2D eigenvalue weighted by molar-refractivity contribution is -0.137. The summed E-state index contributed by atoms with van der Waals surface area (Å²) in [4.78, 5) is 0. The Kier molecular flexibility index (Phi) is 4.09. The van der Waals surface area contributed by atoms with E-state index in [9.17, 15) is 13.2 Å². The van der Waals surface area contributed by atoms with Crippen molar-refractivity contribution in [2.24, 2.45) is 0 Å². The molecule has 0 aliphatic carbocycles. The van der Waals surface area contributed by atoms with Gasteiger partial charge in [-0.2, -0.15) is 18.3 Å². The first-order chi connectivity index (χ1) is 9.68. The summed E-state index contributed by atoms with van der Waals surface area (Å²) in [6, 6.07) is 5.51. The number of aromatic nitrogens is 2. The van der Waals surface area contributed by atoms with Gasteiger partial charge in [-0.05, 0) is 26.8 Å². The molecule has 0 unspecified atom stereocenters. The minimum atomic E-state index is -4.39. The van der Waals surface area contributed by atoms with Crippen LogP contribution in [0.15, 0.2) is 30.5 Å². The van der Waals surface area contributed by atoms with E-state index >= 15 is 0 Å². The molecule has 0 bridgehead atoms. The third-order valence-electron chi connectivity index (χ3n) is 3.03. The van der Waals surface area contributed by atoms with Crippen LogP contribution >= 0.6 is 0 Å². The second-order valence-electron chi connectivity index (χ2n) is 5.92. The van der Waals surface area contributed by atoms with E-state index in [1.54, 1.807) is 12.3 Å². The highest BCUT2D eigenvalue weighted by Gasteiger charge is 2.34. The minimum absolute atomic E-state index is 0.119. The number of halogens is 3. The van der Waals surface area contributed by atoms with Gasteiger partial charge in [0.2, 0.25) is 0 Å². The second kappa shape index (κ2) is 5.52. The highest BCUT2D eigenvalue weighted by molar-refractivity contribution is 5.67. The minimum Gasteiger partial charge on any atom is -0.308 e. The number of nitrogens with one attached hydrogen (secondary N) is 2. The number of hydrogen-bond acceptors (Lipinski definition) is 2. The summed E-state index contributed by atoms with van der Waals surface area (Å²) in [5.74, 6) is 0. The largest absolute Gasteiger partial charge is 0.417 e. The molecule has 1 heterocycles. The third-order valence-corrected chi connectivity index (χ3v) is 3.03. The fourth-order valence-electron chi connectivity index (χ4n) is 1.99. The van der Waals surface area contributed by atoms with E-state index in [0.717, 1.165) is 6.07 Å². The van der Waals surface area contributed by atoms with Crippen LogP contribution in [0.25, 0.3) is 11.3 Å². The zero-order valence-electron chi connectivity index (χ0n) is 12.2. The monoisotopic (exact) mass is 297 g/mol. The van der Waals surface area contributed by atoms with E-state index in [4.69, 9.17) is 0 Å². The first-order valence-electron chi connectivity index (χ1n) is 6.62. The second-order valence-corrected chi connectivity index (χ2v) is 5.92. The molecule has 114 valence electrons. The van der Waals surface area contributed by atoms with Crippen LogP contribution in [0.2, 0.25) is 0 Å². The van der Waals surface area contributed by atoms with E-state index in [1.807, 2.05) is 20.8 Å². The lowest BCUT2D eigenvalue weighted by Gasteiger charge is -2.20. The number of benzene rings is 1. The summed E-state index contributed by atoms with van der Waals surface area (Å²) in [6.45, 7) is 6.44. The summed E-state index contributed by atoms with van der Waals surface area (Å²) >= 11 is 0. The van der Waals surface area contributed by atoms with Crippen LogP contribution in [-0.2, 0) is 12.7 Å². The predicted molar refractivity (Wildman–Crippen MR) is 75.6 cm³/mol. The molecule has 6 heteroatoms. The molecule has 21 heavy (non-hydrogen) atoms. The Balaban J connectivity index is 2.38. The van der Waals surface area contributed by atoms with Gasteiger partial charge in [0, 0.05) is 23.2 Å². The van der Waals surface area contributed by atoms with E-state index in [0.29, 0.717) is 17.8 Å². The number of nitrogens with zero attached hydrogens (tertiary/aromatic N) is 1. The number of H-pyrrole nitrogens is 1. The van der Waals surface area contributed by atoms with Crippen LogP contribution in [0.1, 0.15) is 31.9 Å². The molecule has 0 saturated heterocycles. The predicted octanol–water partition coefficient (Wildman–Crippen LogP) is 3.98. The average Bonchev–Trinajstić information content (AvgIpc) is 2.82. The van der Waals surface area contributed by atoms with Gasteiger partial charge in [0.25, 0.3) is 0 Å². The number of alkyl halides is 3. The fourth-order valence-corrected chi connectivity index (χ4v) is 1.99. The lowest BCUT2D eigenvalue weighted by Crippen LogP contribution is -2.35. The Bertz CT molecular complexity index is 609. The standard InChI is InChI=1S/C15H18F3N3/c1-14(2,3)19-8-10-9-20-21-13(10)11-6-4-5-7-12(11)15(16,17)18/h4-7,9,19H,8H2,1-3H3,(H,20,21). The Hall–Kier alpha value is -1.82. The molecule has 1 aromatic carbocycles. The van der Waals surface area contributed by atoms with Gasteiger partial charge in [-0.3, -0.25) is 5.10 Å². The summed E-state index contributed by atoms with van der Waals surface area (Å²) in [5.41, 5.74) is 0.443. The van der Waals surface area contributed by atoms with E-state index < -0.39 is 11.7 Å². The summed E-state index contributed by atoms with van der Waals surface area (Å²) in [6.07, 6.45) is -2.84. The zero-order chi connectivity index (χ0) is 15.7. The molecule has 0 aliphatic heterocycles. The van der Waals surface area contributed by atoms with Crippen molar-refractivity contribution in [2.75, 3.05) is 0 Å². The van der Waals surface area contributed by atoms with Crippen LogP contribution in [0.4, 0.5) is 13.2 Å². The molecule has 1 aromatic heterocycles. The van der Waals surface area contributed by atoms with Crippen LogP contribution in [0.5, 0.6) is 0 Å². The first-order valence-corrected chi connectivity index (χ1v) is 6.62. The van der Waals surface area contributed by atoms with Crippen LogP contribution < -0.4 is 5.32 Å². The van der Waals surface area contributed by atoms with Crippen molar-refractivity contribution < 1.29 is 13.2 Å². The van der Waals surface area contributed by atoms with Gasteiger partial charge in [0.15, 0.2) is 0 Å². The van der Waals surface area contributed by atoms with Gasteiger partial charge < -0.3 is 5.32 Å². The zero-order valence-corrected chi connectivity index (χ0v) is 12.2. The summed E-state index contributed by atoms with van der Waals surface area (Å²) < 4.78 is 39.3. The highest BCUT2D eigenvalue weighted by Crippen LogP contribution is 2.37. The van der Waals surface area contributed by atoms with Gasteiger partial charge >= 0.3 is 6.18 Å². The molecule has 0 fully saturated rings. The smallest absolute Gasteiger partial charge is 0.308 e. The van der Waals surface area contributed by atoms with Gasteiger partial charge in [0.1, 0.15) is 0 Å². The summed E-state index contributed by atoms with van der Waals surface area (Å²) in [5, 5.41) is 9.82. The highest BCUT2D eigenvalue weighted by atomic mass is 19.4. The van der Waals surface area contributed by atoms with Crippen molar-refractivity contribution in [1.82, 2.24) is 15.5 Å². The van der Waals surface area contributed by atoms with Crippen molar-refractivity contribution in [3.05, 3.63) is 41.6 Å². The SMILES string of the molecule is CC(C)(C)NCc1cn[nH]c1-c1ccccc1C(F)(F)F. The Labute approximate surface area is 121 Å². The van der Waals surface area contributed by atoms with Crippen LogP contribution in [-0.4, -0.2) is 15.7 Å². The van der Waals surface area contributed by atoms with E-state index in [-0.39, 0.29) is 11.1 Å². The number of aromatic amines is 1. The molecule has 0 atom stereocenters. The maximum atomic E-state index is 13.1. The molecule has 0 spiro atoms. The molecular formula is C15H18F3N3. The lowest BCUT2D eigenvalue weighted by atomic mass is 10.0. The molecule has 2 aromatic rings. The van der Waals surface area contributed by atoms with Crippen molar-refractivity contribution in [3.63, 3.8) is 0 Å². The van der Waals surface area contributed by atoms with Crippen molar-refractivity contribution in [3.8, 4) is 11.3 Å². The van der Waals surface area contributed by atoms with Crippen LogP contribution in [0, 0.1) is 0 Å². The molecule has 3 nitrogen and oxygen atoms in total. The average molecular weight is 297 g/mol. The van der Waals surface area contributed by atoms with Gasteiger partial charge in [-0.15, -0.1) is 0 Å². The quantitative estimate of drug-likeness (QED) is 0.899. The van der Waals surface area contributed by atoms with Crippen LogP contribution in [0.3, 0.4) is 0 Å². The normalized spacial score (nSPS) is 12.7. The Morgan fingerprint density at radius 1 is 1.14 bits per heavy atom. The Morgan fingerprint density at radius 2 is 1.81 bits per heavy atom. The molecule has 0 radical (unpaired) electrons. The Morgan fingerprint density at radius 3 is 2.43 bits per heavy atom. The molecule has 2 rings (SSSR count). The maximum Gasteiger partial charge on any atom is 0.417 e. The third kappa shape index (κ3) is 3.85. The van der Waals surface area contributed by atoms with E-state index in [2.05, 4.69) is 15.5 Å². The van der Waals surface area contributed by atoms with Crippen molar-refractivity contribution in [2.45, 2.75) is 39.0 Å². The van der Waals surface area contributed by atoms with Gasteiger partial charge in [-0.25, -0.2) is 0 Å². The van der Waals surface area contributed by atoms with Crippen molar-refractivity contribution >= 4 is 0 Å². The molecule has 0 amide bonds. The first kappa shape index (κ1) is 15.6. The molecule has 0 aliphatic rings. The number of rotatable bonds is 3. The summed E-state index contributed by atoms with van der Waals surface area (Å²) in [7, 11) is 0. The van der Waals surface area contributed by atoms with Gasteiger partial charge in [0.05, 0.1) is 17.5 Å². The topological polar surface area (TPSA) is 40.7 Å². The maximum absolute atomic E-state index is 13.1. The molecular weight excluding hydrogens is 279 g/mol. The number of hydrogen-bond donors (Lipinski definition) is 2. The molecule has 0 saturated carbocycles. The molecule has 2 N–H and O–H groups in total. The van der Waals surface area contributed by atoms with E-state index in [1.165, 1.54) is 12.1 Å².